The van der Waals surface area contributed by atoms with Crippen molar-refractivity contribution in [2.75, 3.05) is 46.9 Å². The molecule has 3 heterocycles. The number of rotatable bonds is 7. The van der Waals surface area contributed by atoms with E-state index in [9.17, 15) is 4.79 Å². The van der Waals surface area contributed by atoms with Crippen molar-refractivity contribution in [3.05, 3.63) is 30.1 Å². The highest BCUT2D eigenvalue weighted by Crippen LogP contribution is 2.41. The molecule has 1 amide bonds. The van der Waals surface area contributed by atoms with Crippen molar-refractivity contribution in [2.45, 2.75) is 25.0 Å². The van der Waals surface area contributed by atoms with Gasteiger partial charge in [-0.1, -0.05) is 0 Å². The van der Waals surface area contributed by atoms with E-state index in [4.69, 9.17) is 9.47 Å². The second-order valence-corrected chi connectivity index (χ2v) is 7.08. The van der Waals surface area contributed by atoms with Crippen LogP contribution in [0.5, 0.6) is 0 Å². The Morgan fingerprint density at radius 3 is 2.88 bits per heavy atom. The Morgan fingerprint density at radius 1 is 1.42 bits per heavy atom. The molecule has 2 aliphatic heterocycles. The van der Waals surface area contributed by atoms with Crippen LogP contribution in [-0.4, -0.2) is 73.2 Å². The van der Waals surface area contributed by atoms with E-state index in [1.807, 2.05) is 36.0 Å². The molecule has 2 saturated heterocycles. The van der Waals surface area contributed by atoms with Crippen molar-refractivity contribution >= 4 is 5.91 Å². The maximum Gasteiger partial charge on any atom is 0.236 e. The lowest BCUT2D eigenvalue weighted by Crippen LogP contribution is -2.67. The smallest absolute Gasteiger partial charge is 0.236 e. The first-order chi connectivity index (χ1) is 11.6. The fourth-order valence-electron chi connectivity index (χ4n) is 3.58. The van der Waals surface area contributed by atoms with Gasteiger partial charge < -0.3 is 19.3 Å². The molecule has 1 aromatic heterocycles. The Morgan fingerprint density at radius 2 is 2.17 bits per heavy atom. The van der Waals surface area contributed by atoms with Gasteiger partial charge in [0.05, 0.1) is 26.2 Å². The quantitative estimate of drug-likeness (QED) is 0.701. The number of likely N-dealkylation sites (N-methyl/N-ethyl adjacent to an activating group) is 1. The van der Waals surface area contributed by atoms with Crippen LogP contribution in [0.2, 0.25) is 0 Å². The van der Waals surface area contributed by atoms with Crippen molar-refractivity contribution in [3.8, 4) is 0 Å². The molecule has 1 spiro atoms. The summed E-state index contributed by atoms with van der Waals surface area (Å²) in [4.78, 5) is 19.9. The number of pyridine rings is 1. The Bertz CT molecular complexity index is 544. The molecule has 0 saturated carbocycles. The number of carbonyl (C=O) groups is 1. The number of ether oxygens (including phenoxy) is 2. The van der Waals surface area contributed by atoms with Gasteiger partial charge in [-0.3, -0.25) is 9.78 Å². The number of amides is 1. The molecule has 1 atom stereocenters. The number of carbonyl (C=O) groups excluding carboxylic acids is 1. The lowest BCUT2D eigenvalue weighted by Gasteiger charge is -2.50. The number of hydrogen-bond acceptors (Lipinski definition) is 5. The summed E-state index contributed by atoms with van der Waals surface area (Å²) in [6.07, 6.45) is 5.62. The molecule has 2 fully saturated rings. The van der Waals surface area contributed by atoms with Gasteiger partial charge in [-0.15, -0.1) is 0 Å². The van der Waals surface area contributed by atoms with Crippen LogP contribution in [0.25, 0.3) is 0 Å². The fraction of sp³-hybridized carbons (Fsp3) is 0.667. The Balaban J connectivity index is 1.41. The number of nitrogens with zero attached hydrogens (tertiary/aromatic N) is 3. The SMILES string of the molecule is CN(C)CC(=O)N1CC2(C1)OCCC2CCOCc1ccncc1. The second-order valence-electron chi connectivity index (χ2n) is 7.08. The molecule has 6 nitrogen and oxygen atoms in total. The molecular weight excluding hydrogens is 306 g/mol. The van der Waals surface area contributed by atoms with Gasteiger partial charge in [-0.05, 0) is 50.6 Å². The van der Waals surface area contributed by atoms with Crippen LogP contribution in [0.3, 0.4) is 0 Å². The van der Waals surface area contributed by atoms with Crippen molar-refractivity contribution < 1.29 is 14.3 Å². The molecule has 0 aromatic carbocycles. The highest BCUT2D eigenvalue weighted by atomic mass is 16.5. The molecule has 0 aliphatic carbocycles. The third-order valence-corrected chi connectivity index (χ3v) is 4.95. The van der Waals surface area contributed by atoms with Crippen LogP contribution in [0.15, 0.2) is 24.5 Å². The average Bonchev–Trinajstić information content (AvgIpc) is 2.94. The standard InChI is InChI=1S/C18H27N3O3/c1-20(2)11-17(22)21-13-18(14-21)16(6-10-24-18)5-9-23-12-15-3-7-19-8-4-15/h3-4,7-8,16H,5-6,9-14H2,1-2H3. The highest BCUT2D eigenvalue weighted by molar-refractivity contribution is 5.79. The minimum atomic E-state index is -0.123. The van der Waals surface area contributed by atoms with E-state index in [2.05, 4.69) is 4.98 Å². The molecule has 0 radical (unpaired) electrons. The third kappa shape index (κ3) is 3.94. The van der Waals surface area contributed by atoms with E-state index in [1.165, 1.54) is 0 Å². The fourth-order valence-corrected chi connectivity index (χ4v) is 3.58. The van der Waals surface area contributed by atoms with Crippen molar-refractivity contribution in [2.24, 2.45) is 5.92 Å². The van der Waals surface area contributed by atoms with Crippen LogP contribution in [0, 0.1) is 5.92 Å². The molecular formula is C18H27N3O3. The Hall–Kier alpha value is -1.50. The zero-order valence-electron chi connectivity index (χ0n) is 14.6. The number of hydrogen-bond donors (Lipinski definition) is 0. The normalized spacial score (nSPS) is 22.1. The van der Waals surface area contributed by atoms with E-state index >= 15 is 0 Å². The van der Waals surface area contributed by atoms with Gasteiger partial charge in [-0.2, -0.15) is 0 Å². The van der Waals surface area contributed by atoms with Crippen LogP contribution in [0.4, 0.5) is 0 Å². The minimum Gasteiger partial charge on any atom is -0.377 e. The maximum absolute atomic E-state index is 12.1. The zero-order chi connectivity index (χ0) is 17.0. The van der Waals surface area contributed by atoms with E-state index < -0.39 is 0 Å². The van der Waals surface area contributed by atoms with E-state index in [1.54, 1.807) is 12.4 Å². The topological polar surface area (TPSA) is 54.9 Å². The van der Waals surface area contributed by atoms with E-state index in [-0.39, 0.29) is 11.5 Å². The van der Waals surface area contributed by atoms with Gasteiger partial charge in [-0.25, -0.2) is 0 Å². The first-order valence-corrected chi connectivity index (χ1v) is 8.62. The van der Waals surface area contributed by atoms with Gasteiger partial charge in [0, 0.05) is 25.6 Å². The predicted molar refractivity (Wildman–Crippen MR) is 90.4 cm³/mol. The van der Waals surface area contributed by atoms with Crippen LogP contribution in [-0.2, 0) is 20.9 Å². The first-order valence-electron chi connectivity index (χ1n) is 8.62. The summed E-state index contributed by atoms with van der Waals surface area (Å²) in [6.45, 7) is 4.07. The summed E-state index contributed by atoms with van der Waals surface area (Å²) in [7, 11) is 3.84. The van der Waals surface area contributed by atoms with Crippen LogP contribution >= 0.6 is 0 Å². The zero-order valence-corrected chi connectivity index (χ0v) is 14.6. The molecule has 24 heavy (non-hydrogen) atoms. The molecule has 132 valence electrons. The third-order valence-electron chi connectivity index (χ3n) is 4.95. The summed E-state index contributed by atoms with van der Waals surface area (Å²) in [5.74, 6) is 0.673. The van der Waals surface area contributed by atoms with Crippen molar-refractivity contribution in [1.82, 2.24) is 14.8 Å². The van der Waals surface area contributed by atoms with Crippen molar-refractivity contribution in [3.63, 3.8) is 0 Å². The molecule has 0 bridgehead atoms. The molecule has 2 aliphatic rings. The van der Waals surface area contributed by atoms with Gasteiger partial charge in [0.2, 0.25) is 5.91 Å². The van der Waals surface area contributed by atoms with Crippen LogP contribution < -0.4 is 0 Å². The van der Waals surface area contributed by atoms with Gasteiger partial charge >= 0.3 is 0 Å². The maximum atomic E-state index is 12.1. The monoisotopic (exact) mass is 333 g/mol. The van der Waals surface area contributed by atoms with Gasteiger partial charge in [0.1, 0.15) is 5.60 Å². The Labute approximate surface area is 143 Å². The molecule has 1 unspecified atom stereocenters. The summed E-state index contributed by atoms with van der Waals surface area (Å²) >= 11 is 0. The summed E-state index contributed by atoms with van der Waals surface area (Å²) in [6, 6.07) is 3.95. The largest absolute Gasteiger partial charge is 0.377 e. The summed E-state index contributed by atoms with van der Waals surface area (Å²) in [5.41, 5.74) is 1.02. The predicted octanol–water partition coefficient (Wildman–Crippen LogP) is 1.17. The Kier molecular flexibility index (Phi) is 5.48. The molecule has 6 heteroatoms. The first kappa shape index (κ1) is 17.3. The van der Waals surface area contributed by atoms with Crippen molar-refractivity contribution in [1.29, 1.82) is 0 Å². The lowest BCUT2D eigenvalue weighted by atomic mass is 9.79. The molecule has 0 N–H and O–H groups in total. The second kappa shape index (κ2) is 7.59. The summed E-state index contributed by atoms with van der Waals surface area (Å²) in [5, 5.41) is 0. The molecule has 1 aromatic rings. The highest BCUT2D eigenvalue weighted by Gasteiger charge is 2.53. The van der Waals surface area contributed by atoms with Gasteiger partial charge in [0.15, 0.2) is 0 Å². The van der Waals surface area contributed by atoms with Crippen LogP contribution in [0.1, 0.15) is 18.4 Å². The average molecular weight is 333 g/mol. The van der Waals surface area contributed by atoms with Gasteiger partial charge in [0.25, 0.3) is 0 Å². The van der Waals surface area contributed by atoms with E-state index in [0.717, 1.165) is 44.7 Å². The number of aromatic nitrogens is 1. The minimum absolute atomic E-state index is 0.123. The summed E-state index contributed by atoms with van der Waals surface area (Å²) < 4.78 is 11.8. The number of likely N-dealkylation sites (tertiary alicyclic amines) is 1. The lowest BCUT2D eigenvalue weighted by molar-refractivity contribution is -0.166. The van der Waals surface area contributed by atoms with E-state index in [0.29, 0.717) is 19.1 Å². The molecule has 3 rings (SSSR count).